The maximum Gasteiger partial charge on any atom is 0.233 e. The zero-order valence-corrected chi connectivity index (χ0v) is 16.5. The second-order valence-electron chi connectivity index (χ2n) is 6.83. The second kappa shape index (κ2) is 7.85. The van der Waals surface area contributed by atoms with Crippen LogP contribution in [0.15, 0.2) is 41.8 Å². The standard InChI is InChI=1S/C20H18ClN3O3S/c21-13-7-5-12(6-8-13)16-11-28-20(22-16)23-17(25)9-10-24-18(26)14-3-1-2-4-15(14)19(24)27/h1-2,5-8,11,14-15H,3-4,9-10H2,(H,22,23,25)/t14-,15-/m1/s1. The van der Waals surface area contributed by atoms with E-state index >= 15 is 0 Å². The van der Waals surface area contributed by atoms with Crippen LogP contribution in [0.5, 0.6) is 0 Å². The Balaban J connectivity index is 1.33. The Kier molecular flexibility index (Phi) is 5.28. The Labute approximate surface area is 171 Å². The Bertz CT molecular complexity index is 928. The molecule has 1 aromatic heterocycles. The molecule has 6 nitrogen and oxygen atoms in total. The fraction of sp³-hybridized carbons (Fsp3) is 0.300. The van der Waals surface area contributed by atoms with Crippen molar-refractivity contribution in [3.63, 3.8) is 0 Å². The highest BCUT2D eigenvalue weighted by atomic mass is 35.5. The van der Waals surface area contributed by atoms with Crippen LogP contribution >= 0.6 is 22.9 Å². The van der Waals surface area contributed by atoms with Gasteiger partial charge in [0.25, 0.3) is 0 Å². The van der Waals surface area contributed by atoms with E-state index < -0.39 is 0 Å². The highest BCUT2D eigenvalue weighted by Crippen LogP contribution is 2.35. The molecule has 1 fully saturated rings. The molecule has 28 heavy (non-hydrogen) atoms. The first-order valence-corrected chi connectivity index (χ1v) is 10.3. The Hall–Kier alpha value is -2.51. The predicted molar refractivity (Wildman–Crippen MR) is 108 cm³/mol. The summed E-state index contributed by atoms with van der Waals surface area (Å²) < 4.78 is 0. The van der Waals surface area contributed by atoms with Crippen molar-refractivity contribution in [3.05, 3.63) is 46.8 Å². The summed E-state index contributed by atoms with van der Waals surface area (Å²) in [7, 11) is 0. The molecule has 1 aliphatic heterocycles. The molecule has 1 aliphatic carbocycles. The lowest BCUT2D eigenvalue weighted by Gasteiger charge is -2.14. The molecule has 0 unspecified atom stereocenters. The molecule has 1 N–H and O–H groups in total. The van der Waals surface area contributed by atoms with Gasteiger partial charge in [0.1, 0.15) is 0 Å². The van der Waals surface area contributed by atoms with E-state index in [1.807, 2.05) is 29.7 Å². The van der Waals surface area contributed by atoms with E-state index in [4.69, 9.17) is 11.6 Å². The van der Waals surface area contributed by atoms with Crippen LogP contribution in [0.2, 0.25) is 5.02 Å². The van der Waals surface area contributed by atoms with Crippen molar-refractivity contribution in [2.24, 2.45) is 11.8 Å². The van der Waals surface area contributed by atoms with Gasteiger partial charge in [0, 0.05) is 28.9 Å². The van der Waals surface area contributed by atoms with Crippen LogP contribution in [0.25, 0.3) is 11.3 Å². The first-order chi connectivity index (χ1) is 13.5. The number of imide groups is 1. The molecule has 1 aromatic carbocycles. The van der Waals surface area contributed by atoms with Gasteiger partial charge in [0.15, 0.2) is 5.13 Å². The average Bonchev–Trinajstić information content (AvgIpc) is 3.25. The van der Waals surface area contributed by atoms with E-state index in [1.165, 1.54) is 16.2 Å². The van der Waals surface area contributed by atoms with Gasteiger partial charge in [-0.25, -0.2) is 4.98 Å². The van der Waals surface area contributed by atoms with Crippen LogP contribution in [-0.4, -0.2) is 34.2 Å². The lowest BCUT2D eigenvalue weighted by atomic mass is 9.85. The predicted octanol–water partition coefficient (Wildman–Crippen LogP) is 3.74. The highest BCUT2D eigenvalue weighted by molar-refractivity contribution is 7.14. The van der Waals surface area contributed by atoms with Gasteiger partial charge in [-0.15, -0.1) is 11.3 Å². The SMILES string of the molecule is O=C(CCN1C(=O)[C@@H]2CC=CC[C@H]2C1=O)Nc1nc(-c2ccc(Cl)cc2)cs1. The van der Waals surface area contributed by atoms with Crippen LogP contribution in [0.4, 0.5) is 5.13 Å². The molecule has 1 saturated heterocycles. The molecule has 144 valence electrons. The number of likely N-dealkylation sites (tertiary alicyclic amines) is 1. The van der Waals surface area contributed by atoms with Gasteiger partial charge in [-0.3, -0.25) is 19.3 Å². The van der Waals surface area contributed by atoms with Crippen LogP contribution in [-0.2, 0) is 14.4 Å². The number of amides is 3. The average molecular weight is 416 g/mol. The number of benzene rings is 1. The van der Waals surface area contributed by atoms with Crippen molar-refractivity contribution < 1.29 is 14.4 Å². The first-order valence-electron chi connectivity index (χ1n) is 9.04. The second-order valence-corrected chi connectivity index (χ2v) is 8.12. The van der Waals surface area contributed by atoms with E-state index in [0.717, 1.165) is 11.3 Å². The van der Waals surface area contributed by atoms with Gasteiger partial charge < -0.3 is 5.32 Å². The quantitative estimate of drug-likeness (QED) is 0.595. The minimum atomic E-state index is -0.273. The molecule has 2 aromatic rings. The number of thiazole rings is 1. The Morgan fingerprint density at radius 2 is 1.79 bits per heavy atom. The fourth-order valence-corrected chi connectivity index (χ4v) is 4.43. The number of halogens is 1. The lowest BCUT2D eigenvalue weighted by Crippen LogP contribution is -2.34. The van der Waals surface area contributed by atoms with E-state index in [0.29, 0.717) is 23.0 Å². The summed E-state index contributed by atoms with van der Waals surface area (Å²) in [5, 5.41) is 5.72. The zero-order chi connectivity index (χ0) is 19.7. The molecule has 0 saturated carbocycles. The number of carbonyl (C=O) groups excluding carboxylic acids is 3. The van der Waals surface area contributed by atoms with Crippen molar-refractivity contribution in [2.45, 2.75) is 19.3 Å². The summed E-state index contributed by atoms with van der Waals surface area (Å²) >= 11 is 7.21. The van der Waals surface area contributed by atoms with Crippen LogP contribution in [0, 0.1) is 11.8 Å². The fourth-order valence-electron chi connectivity index (χ4n) is 3.57. The Morgan fingerprint density at radius 1 is 1.14 bits per heavy atom. The number of allylic oxidation sites excluding steroid dienone is 2. The number of anilines is 1. The Morgan fingerprint density at radius 3 is 2.43 bits per heavy atom. The molecule has 0 bridgehead atoms. The number of hydrogen-bond donors (Lipinski definition) is 1. The molecule has 2 aliphatic rings. The summed E-state index contributed by atoms with van der Waals surface area (Å²) in [6, 6.07) is 7.29. The smallest absolute Gasteiger partial charge is 0.233 e. The molecule has 2 heterocycles. The largest absolute Gasteiger partial charge is 0.302 e. The van der Waals surface area contributed by atoms with E-state index in [9.17, 15) is 14.4 Å². The normalized spacial score (nSPS) is 21.1. The molecule has 3 amide bonds. The number of nitrogens with zero attached hydrogens (tertiary/aromatic N) is 2. The lowest BCUT2D eigenvalue weighted by molar-refractivity contribution is -0.140. The van der Waals surface area contributed by atoms with Gasteiger partial charge in [0.2, 0.25) is 17.7 Å². The van der Waals surface area contributed by atoms with Gasteiger partial charge >= 0.3 is 0 Å². The third kappa shape index (κ3) is 3.72. The van der Waals surface area contributed by atoms with Crippen molar-refractivity contribution in [2.75, 3.05) is 11.9 Å². The number of rotatable bonds is 5. The number of aromatic nitrogens is 1. The molecule has 0 spiro atoms. The topological polar surface area (TPSA) is 79.4 Å². The molecule has 0 radical (unpaired) electrons. The number of carbonyl (C=O) groups is 3. The molecular formula is C20H18ClN3O3S. The summed E-state index contributed by atoms with van der Waals surface area (Å²) in [5.41, 5.74) is 1.66. The van der Waals surface area contributed by atoms with E-state index in [1.54, 1.807) is 12.1 Å². The zero-order valence-electron chi connectivity index (χ0n) is 14.9. The maximum absolute atomic E-state index is 12.4. The maximum atomic E-state index is 12.4. The van der Waals surface area contributed by atoms with Crippen molar-refractivity contribution in [1.82, 2.24) is 9.88 Å². The minimum Gasteiger partial charge on any atom is -0.302 e. The third-order valence-electron chi connectivity index (χ3n) is 5.05. The summed E-state index contributed by atoms with van der Waals surface area (Å²) in [4.78, 5) is 42.8. The summed E-state index contributed by atoms with van der Waals surface area (Å²) in [5.74, 6) is -1.12. The van der Waals surface area contributed by atoms with E-state index in [2.05, 4.69) is 10.3 Å². The molecule has 4 rings (SSSR count). The van der Waals surface area contributed by atoms with Crippen molar-refractivity contribution >= 4 is 45.8 Å². The number of fused-ring (bicyclic) bond motifs is 1. The van der Waals surface area contributed by atoms with Crippen LogP contribution in [0.1, 0.15) is 19.3 Å². The van der Waals surface area contributed by atoms with E-state index in [-0.39, 0.29) is 42.5 Å². The molecular weight excluding hydrogens is 398 g/mol. The third-order valence-corrected chi connectivity index (χ3v) is 6.06. The van der Waals surface area contributed by atoms with Gasteiger partial charge in [-0.2, -0.15) is 0 Å². The monoisotopic (exact) mass is 415 g/mol. The van der Waals surface area contributed by atoms with Gasteiger partial charge in [-0.1, -0.05) is 35.9 Å². The van der Waals surface area contributed by atoms with Crippen LogP contribution < -0.4 is 5.32 Å². The van der Waals surface area contributed by atoms with Crippen LogP contribution in [0.3, 0.4) is 0 Å². The minimum absolute atomic E-state index is 0.0558. The van der Waals surface area contributed by atoms with Gasteiger partial charge in [0.05, 0.1) is 17.5 Å². The number of hydrogen-bond acceptors (Lipinski definition) is 5. The molecule has 2 atom stereocenters. The number of nitrogens with one attached hydrogen (secondary N) is 1. The van der Waals surface area contributed by atoms with Gasteiger partial charge in [-0.05, 0) is 25.0 Å². The molecule has 8 heteroatoms. The summed E-state index contributed by atoms with van der Waals surface area (Å²) in [6.07, 6.45) is 5.15. The highest BCUT2D eigenvalue weighted by Gasteiger charge is 2.46. The van der Waals surface area contributed by atoms with Crippen molar-refractivity contribution in [1.29, 1.82) is 0 Å². The first kappa shape index (κ1) is 18.8. The van der Waals surface area contributed by atoms with Crippen molar-refractivity contribution in [3.8, 4) is 11.3 Å². The summed E-state index contributed by atoms with van der Waals surface area (Å²) in [6.45, 7) is 0.103.